The summed E-state index contributed by atoms with van der Waals surface area (Å²) in [6.45, 7) is 0.815. The van der Waals surface area contributed by atoms with Crippen molar-refractivity contribution in [3.8, 4) is 11.5 Å². The molecule has 3 rings (SSSR count). The van der Waals surface area contributed by atoms with Gasteiger partial charge < -0.3 is 19.5 Å². The molecule has 1 aliphatic rings. The van der Waals surface area contributed by atoms with Crippen molar-refractivity contribution in [2.24, 2.45) is 0 Å². The zero-order valence-electron chi connectivity index (χ0n) is 15.1. The lowest BCUT2D eigenvalue weighted by Crippen LogP contribution is -2.43. The van der Waals surface area contributed by atoms with E-state index in [1.165, 1.54) is 12.1 Å². The van der Waals surface area contributed by atoms with Crippen molar-refractivity contribution in [2.45, 2.75) is 18.4 Å². The number of ether oxygens (including phenoxy) is 2. The maximum Gasteiger partial charge on any atom is 0.272 e. The van der Waals surface area contributed by atoms with E-state index in [1.54, 1.807) is 37.3 Å². The van der Waals surface area contributed by atoms with Gasteiger partial charge in [0.15, 0.2) is 5.82 Å². The van der Waals surface area contributed by atoms with Crippen LogP contribution in [0.15, 0.2) is 36.4 Å². The van der Waals surface area contributed by atoms with Gasteiger partial charge in [0.05, 0.1) is 36.5 Å². The topological polar surface area (TPSA) is 85.1 Å². The van der Waals surface area contributed by atoms with Gasteiger partial charge in [-0.2, -0.15) is 0 Å². The molecule has 0 radical (unpaired) electrons. The lowest BCUT2D eigenvalue weighted by atomic mass is 9.84. The number of halogens is 1. The predicted octanol–water partition coefficient (Wildman–Crippen LogP) is 3.24. The zero-order valence-corrected chi connectivity index (χ0v) is 15.1. The molecule has 0 bridgehead atoms. The molecule has 0 atom stereocenters. The molecule has 2 aromatic rings. The Bertz CT molecular complexity index is 828. The van der Waals surface area contributed by atoms with Crippen LogP contribution in [0.25, 0.3) is 0 Å². The minimum absolute atomic E-state index is 0.284. The Kier molecular flexibility index (Phi) is 5.18. The van der Waals surface area contributed by atoms with Crippen molar-refractivity contribution < 1.29 is 23.9 Å². The molecule has 1 N–H and O–H groups in total. The zero-order chi connectivity index (χ0) is 19.6. The second-order valence-electron chi connectivity index (χ2n) is 6.51. The minimum atomic E-state index is -1.09. The number of aliphatic hydroxyl groups is 1. The summed E-state index contributed by atoms with van der Waals surface area (Å²) >= 11 is 0. The molecule has 27 heavy (non-hydrogen) atoms. The number of nitro groups is 1. The lowest BCUT2D eigenvalue weighted by molar-refractivity contribution is -0.385. The highest BCUT2D eigenvalue weighted by Crippen LogP contribution is 2.38. The van der Waals surface area contributed by atoms with Gasteiger partial charge in [0.1, 0.15) is 11.5 Å². The molecule has 0 unspecified atom stereocenters. The highest BCUT2D eigenvalue weighted by molar-refractivity contribution is 5.53. The first-order chi connectivity index (χ1) is 12.9. The Labute approximate surface area is 156 Å². The Balaban J connectivity index is 1.79. The number of piperidine rings is 1. The van der Waals surface area contributed by atoms with E-state index in [1.807, 2.05) is 0 Å². The largest absolute Gasteiger partial charge is 0.497 e. The van der Waals surface area contributed by atoms with E-state index >= 15 is 0 Å². The van der Waals surface area contributed by atoms with E-state index < -0.39 is 16.3 Å². The molecule has 144 valence electrons. The lowest BCUT2D eigenvalue weighted by Gasteiger charge is -2.39. The van der Waals surface area contributed by atoms with Crippen molar-refractivity contribution in [2.75, 3.05) is 32.2 Å². The number of methoxy groups -OCH3 is 2. The van der Waals surface area contributed by atoms with Gasteiger partial charge >= 0.3 is 0 Å². The van der Waals surface area contributed by atoms with Crippen molar-refractivity contribution in [1.82, 2.24) is 0 Å². The van der Waals surface area contributed by atoms with Gasteiger partial charge in [-0.25, -0.2) is 4.39 Å². The van der Waals surface area contributed by atoms with E-state index in [0.29, 0.717) is 48.7 Å². The predicted molar refractivity (Wildman–Crippen MR) is 97.9 cm³/mol. The number of hydrogen-bond donors (Lipinski definition) is 1. The third-order valence-corrected chi connectivity index (χ3v) is 4.96. The average molecular weight is 376 g/mol. The van der Waals surface area contributed by atoms with Gasteiger partial charge in [-0.1, -0.05) is 0 Å². The summed E-state index contributed by atoms with van der Waals surface area (Å²) in [6.07, 6.45) is 0.750. The molecule has 0 amide bonds. The second kappa shape index (κ2) is 7.40. The normalized spacial score (nSPS) is 16.1. The fourth-order valence-corrected chi connectivity index (χ4v) is 3.35. The van der Waals surface area contributed by atoms with Crippen molar-refractivity contribution in [3.63, 3.8) is 0 Å². The number of hydrogen-bond acceptors (Lipinski definition) is 6. The van der Waals surface area contributed by atoms with Gasteiger partial charge in [-0.15, -0.1) is 0 Å². The number of nitrogens with zero attached hydrogens (tertiary/aromatic N) is 2. The highest BCUT2D eigenvalue weighted by atomic mass is 19.1. The molecule has 0 spiro atoms. The quantitative estimate of drug-likeness (QED) is 0.637. The standard InChI is InChI=1S/C19H21FN2O5/c1-26-15-9-13(10-16(12-15)27-2)19(23)5-7-21(8-6-19)18-4-3-14(22(24)25)11-17(18)20/h3-4,9-12,23H,5-8H2,1-2H3. The summed E-state index contributed by atoms with van der Waals surface area (Å²) in [4.78, 5) is 11.9. The molecule has 1 aliphatic heterocycles. The maximum atomic E-state index is 14.3. The van der Waals surface area contributed by atoms with Gasteiger partial charge in [-0.3, -0.25) is 10.1 Å². The van der Waals surface area contributed by atoms with Crippen LogP contribution in [0.2, 0.25) is 0 Å². The van der Waals surface area contributed by atoms with E-state index in [-0.39, 0.29) is 5.69 Å². The Morgan fingerprint density at radius 2 is 1.70 bits per heavy atom. The van der Waals surface area contributed by atoms with Gasteiger partial charge in [-0.05, 0) is 36.6 Å². The third kappa shape index (κ3) is 3.80. The molecule has 7 nitrogen and oxygen atoms in total. The Morgan fingerprint density at radius 1 is 1.11 bits per heavy atom. The smallest absolute Gasteiger partial charge is 0.272 e. The summed E-state index contributed by atoms with van der Waals surface area (Å²) < 4.78 is 24.8. The Morgan fingerprint density at radius 3 is 2.19 bits per heavy atom. The first-order valence-electron chi connectivity index (χ1n) is 8.51. The summed E-state index contributed by atoms with van der Waals surface area (Å²) in [7, 11) is 3.09. The summed E-state index contributed by atoms with van der Waals surface area (Å²) in [5.41, 5.74) is -0.392. The second-order valence-corrected chi connectivity index (χ2v) is 6.51. The number of non-ortho nitro benzene ring substituents is 1. The fraction of sp³-hybridized carbons (Fsp3) is 0.368. The monoisotopic (exact) mass is 376 g/mol. The van der Waals surface area contributed by atoms with E-state index in [2.05, 4.69) is 0 Å². The number of benzene rings is 2. The first-order valence-corrected chi connectivity index (χ1v) is 8.51. The number of nitro benzene ring substituents is 1. The molecule has 8 heteroatoms. The van der Waals surface area contributed by atoms with Crippen LogP contribution in [0.1, 0.15) is 18.4 Å². The summed E-state index contributed by atoms with van der Waals surface area (Å²) in [5, 5.41) is 21.9. The number of rotatable bonds is 5. The van der Waals surface area contributed by atoms with Crippen LogP contribution in [0.3, 0.4) is 0 Å². The van der Waals surface area contributed by atoms with Crippen LogP contribution in [-0.2, 0) is 5.60 Å². The molecule has 0 saturated carbocycles. The van der Waals surface area contributed by atoms with E-state index in [0.717, 1.165) is 6.07 Å². The van der Waals surface area contributed by atoms with E-state index in [4.69, 9.17) is 9.47 Å². The van der Waals surface area contributed by atoms with Crippen LogP contribution in [0.5, 0.6) is 11.5 Å². The Hall–Kier alpha value is -2.87. The van der Waals surface area contributed by atoms with Crippen LogP contribution in [0, 0.1) is 15.9 Å². The van der Waals surface area contributed by atoms with Gasteiger partial charge in [0, 0.05) is 25.2 Å². The first kappa shape index (κ1) is 18.9. The third-order valence-electron chi connectivity index (χ3n) is 4.96. The van der Waals surface area contributed by atoms with Crippen molar-refractivity contribution in [3.05, 3.63) is 57.9 Å². The highest BCUT2D eigenvalue weighted by Gasteiger charge is 2.35. The minimum Gasteiger partial charge on any atom is -0.497 e. The van der Waals surface area contributed by atoms with Gasteiger partial charge in [0.2, 0.25) is 0 Å². The molecular weight excluding hydrogens is 355 g/mol. The molecule has 1 heterocycles. The number of anilines is 1. The van der Waals surface area contributed by atoms with E-state index in [9.17, 15) is 19.6 Å². The van der Waals surface area contributed by atoms with Crippen molar-refractivity contribution >= 4 is 11.4 Å². The van der Waals surface area contributed by atoms with Gasteiger partial charge in [0.25, 0.3) is 5.69 Å². The average Bonchev–Trinajstić information content (AvgIpc) is 2.68. The summed E-state index contributed by atoms with van der Waals surface area (Å²) in [5.74, 6) is 0.529. The fourth-order valence-electron chi connectivity index (χ4n) is 3.35. The molecule has 1 saturated heterocycles. The maximum absolute atomic E-state index is 14.3. The molecule has 2 aromatic carbocycles. The van der Waals surface area contributed by atoms with Crippen LogP contribution < -0.4 is 14.4 Å². The summed E-state index contributed by atoms with van der Waals surface area (Å²) in [6, 6.07) is 8.88. The molecule has 1 fully saturated rings. The van der Waals surface area contributed by atoms with Crippen LogP contribution in [0.4, 0.5) is 15.8 Å². The SMILES string of the molecule is COc1cc(OC)cc(C2(O)CCN(c3ccc([N+](=O)[O-])cc3F)CC2)c1. The van der Waals surface area contributed by atoms with Crippen LogP contribution in [-0.4, -0.2) is 37.3 Å². The molecular formula is C19H21FN2O5. The van der Waals surface area contributed by atoms with Crippen LogP contribution >= 0.6 is 0 Å². The molecule has 0 aromatic heterocycles. The molecule has 0 aliphatic carbocycles. The van der Waals surface area contributed by atoms with Crippen molar-refractivity contribution in [1.29, 1.82) is 0 Å².